The Hall–Kier alpha value is -2.04. The molecule has 0 unspecified atom stereocenters. The monoisotopic (exact) mass is 357 g/mol. The number of nitrogens with zero attached hydrogens (tertiary/aromatic N) is 1. The molecular weight excluding hydrogens is 326 g/mol. The van der Waals surface area contributed by atoms with E-state index in [1.54, 1.807) is 0 Å². The van der Waals surface area contributed by atoms with Gasteiger partial charge in [0.1, 0.15) is 0 Å². The van der Waals surface area contributed by atoms with E-state index < -0.39 is 0 Å². The van der Waals surface area contributed by atoms with Crippen LogP contribution in [0.1, 0.15) is 57.9 Å². The van der Waals surface area contributed by atoms with Crippen LogP contribution < -0.4 is 10.6 Å². The van der Waals surface area contributed by atoms with E-state index in [0.29, 0.717) is 18.5 Å². The maximum Gasteiger partial charge on any atom is 0.317 e. The molecule has 2 aliphatic carbocycles. The van der Waals surface area contributed by atoms with Gasteiger partial charge >= 0.3 is 6.03 Å². The fourth-order valence-electron chi connectivity index (χ4n) is 3.19. The lowest BCUT2D eigenvalue weighted by Gasteiger charge is -2.24. The topological polar surface area (TPSA) is 61.4 Å². The van der Waals surface area contributed by atoms with Crippen LogP contribution >= 0.6 is 0 Å². The summed E-state index contributed by atoms with van der Waals surface area (Å²) in [5.74, 6) is 0.887. The summed E-state index contributed by atoms with van der Waals surface area (Å²) in [5.41, 5.74) is 1.82. The Kier molecular flexibility index (Phi) is 6.17. The Morgan fingerprint density at radius 3 is 2.58 bits per heavy atom. The normalized spacial score (nSPS) is 16.9. The predicted molar refractivity (Wildman–Crippen MR) is 104 cm³/mol. The van der Waals surface area contributed by atoms with E-state index in [4.69, 9.17) is 0 Å². The van der Waals surface area contributed by atoms with Crippen LogP contribution in [0.5, 0.6) is 0 Å². The first-order valence-electron chi connectivity index (χ1n) is 9.97. The number of benzene rings is 1. The van der Waals surface area contributed by atoms with Crippen LogP contribution in [0.25, 0.3) is 0 Å². The third-order valence-electron chi connectivity index (χ3n) is 5.31. The van der Waals surface area contributed by atoms with Crippen LogP contribution in [0.15, 0.2) is 24.3 Å². The largest absolute Gasteiger partial charge is 0.334 e. The molecule has 0 heterocycles. The molecule has 3 rings (SSSR count). The minimum absolute atomic E-state index is 0.0251. The van der Waals surface area contributed by atoms with Crippen molar-refractivity contribution in [3.8, 4) is 0 Å². The molecule has 1 aromatic rings. The number of nitrogens with one attached hydrogen (secondary N) is 2. The molecule has 0 saturated heterocycles. The van der Waals surface area contributed by atoms with Crippen molar-refractivity contribution < 1.29 is 9.59 Å². The number of carbonyl (C=O) groups excluding carboxylic acids is 2. The smallest absolute Gasteiger partial charge is 0.317 e. The number of hydrogen-bond donors (Lipinski definition) is 2. The first-order valence-corrected chi connectivity index (χ1v) is 9.97. The Balaban J connectivity index is 1.50. The Bertz CT molecular complexity index is 636. The lowest BCUT2D eigenvalue weighted by atomic mass is 9.85. The molecular formula is C21H31N3O2. The summed E-state index contributed by atoms with van der Waals surface area (Å²) in [7, 11) is 0. The molecule has 5 nitrogen and oxygen atoms in total. The highest BCUT2D eigenvalue weighted by Gasteiger charge is 2.32. The summed E-state index contributed by atoms with van der Waals surface area (Å²) >= 11 is 0. The van der Waals surface area contributed by atoms with Crippen molar-refractivity contribution in [3.05, 3.63) is 29.8 Å². The Morgan fingerprint density at radius 2 is 1.96 bits per heavy atom. The second-order valence-corrected chi connectivity index (χ2v) is 8.08. The Labute approximate surface area is 156 Å². The van der Waals surface area contributed by atoms with Crippen LogP contribution in [-0.4, -0.2) is 29.4 Å². The van der Waals surface area contributed by atoms with Crippen LogP contribution in [0, 0.1) is 11.8 Å². The molecule has 2 saturated carbocycles. The molecule has 0 aliphatic heterocycles. The van der Waals surface area contributed by atoms with Crippen molar-refractivity contribution in [2.24, 2.45) is 11.8 Å². The molecule has 0 spiro atoms. The second-order valence-electron chi connectivity index (χ2n) is 8.08. The van der Waals surface area contributed by atoms with Crippen molar-refractivity contribution in [3.63, 3.8) is 0 Å². The van der Waals surface area contributed by atoms with Gasteiger partial charge in [-0.3, -0.25) is 4.79 Å². The molecule has 0 aromatic heterocycles. The van der Waals surface area contributed by atoms with Gasteiger partial charge in [-0.15, -0.1) is 0 Å². The van der Waals surface area contributed by atoms with Gasteiger partial charge in [-0.1, -0.05) is 32.4 Å². The maximum absolute atomic E-state index is 12.6. The van der Waals surface area contributed by atoms with Crippen LogP contribution in [0.3, 0.4) is 0 Å². The molecule has 3 amide bonds. The Morgan fingerprint density at radius 1 is 1.19 bits per heavy atom. The molecule has 26 heavy (non-hydrogen) atoms. The van der Waals surface area contributed by atoms with E-state index in [1.165, 1.54) is 0 Å². The third-order valence-corrected chi connectivity index (χ3v) is 5.31. The van der Waals surface area contributed by atoms with E-state index >= 15 is 0 Å². The molecule has 0 bridgehead atoms. The highest BCUT2D eigenvalue weighted by molar-refractivity contribution is 5.93. The summed E-state index contributed by atoms with van der Waals surface area (Å²) < 4.78 is 0. The predicted octanol–water partition coefficient (Wildman–Crippen LogP) is 4.15. The van der Waals surface area contributed by atoms with Crippen molar-refractivity contribution in [1.29, 1.82) is 0 Å². The van der Waals surface area contributed by atoms with Gasteiger partial charge in [0.2, 0.25) is 5.91 Å². The van der Waals surface area contributed by atoms with Gasteiger partial charge < -0.3 is 15.5 Å². The molecule has 2 fully saturated rings. The molecule has 5 heteroatoms. The average molecular weight is 357 g/mol. The second kappa shape index (κ2) is 8.56. The highest BCUT2D eigenvalue weighted by atomic mass is 16.2. The van der Waals surface area contributed by atoms with E-state index in [-0.39, 0.29) is 17.9 Å². The van der Waals surface area contributed by atoms with E-state index in [1.807, 2.05) is 29.2 Å². The molecule has 2 N–H and O–H groups in total. The van der Waals surface area contributed by atoms with Crippen molar-refractivity contribution >= 4 is 17.6 Å². The number of amides is 3. The van der Waals surface area contributed by atoms with E-state index in [0.717, 1.165) is 56.3 Å². The van der Waals surface area contributed by atoms with Crippen molar-refractivity contribution in [2.75, 3.05) is 11.9 Å². The lowest BCUT2D eigenvalue weighted by molar-refractivity contribution is -0.122. The first kappa shape index (κ1) is 18.7. The van der Waals surface area contributed by atoms with Crippen molar-refractivity contribution in [2.45, 2.75) is 65.0 Å². The van der Waals surface area contributed by atoms with Crippen molar-refractivity contribution in [1.82, 2.24) is 10.2 Å². The fourth-order valence-corrected chi connectivity index (χ4v) is 3.19. The first-order chi connectivity index (χ1) is 12.5. The van der Waals surface area contributed by atoms with Gasteiger partial charge in [0, 0.05) is 30.7 Å². The summed E-state index contributed by atoms with van der Waals surface area (Å²) in [6, 6.07) is 8.20. The zero-order chi connectivity index (χ0) is 18.5. The number of urea groups is 1. The fraction of sp³-hybridized carbons (Fsp3) is 0.619. The van der Waals surface area contributed by atoms with Gasteiger partial charge in [-0.05, 0) is 55.7 Å². The highest BCUT2D eigenvalue weighted by Crippen LogP contribution is 2.28. The summed E-state index contributed by atoms with van der Waals surface area (Å²) in [6.45, 7) is 5.68. The van der Waals surface area contributed by atoms with Gasteiger partial charge in [0.15, 0.2) is 0 Å². The van der Waals surface area contributed by atoms with Gasteiger partial charge in [-0.2, -0.15) is 0 Å². The van der Waals surface area contributed by atoms with E-state index in [2.05, 4.69) is 24.5 Å². The van der Waals surface area contributed by atoms with Crippen LogP contribution in [0.2, 0.25) is 0 Å². The average Bonchev–Trinajstić information content (AvgIpc) is 3.36. The molecule has 142 valence electrons. The minimum atomic E-state index is 0.0251. The molecule has 0 radical (unpaired) electrons. The number of anilines is 1. The maximum atomic E-state index is 12.6. The number of rotatable bonds is 8. The standard InChI is InChI=1S/C21H31N3O2/c1-15(2)11-12-24(19-9-10-19)21(26)22-14-16-5-3-8-18(13-16)23-20(25)17-6-4-7-17/h3,5,8,13,15,17,19H,4,6-7,9-12,14H2,1-2H3,(H,22,26)(H,23,25). The van der Waals surface area contributed by atoms with Crippen LogP contribution in [0.4, 0.5) is 10.5 Å². The van der Waals surface area contributed by atoms with E-state index in [9.17, 15) is 9.59 Å². The quantitative estimate of drug-likeness (QED) is 0.734. The van der Waals surface area contributed by atoms with Gasteiger partial charge in [0.25, 0.3) is 0 Å². The zero-order valence-corrected chi connectivity index (χ0v) is 16.0. The number of hydrogen-bond acceptors (Lipinski definition) is 2. The van der Waals surface area contributed by atoms with Crippen LogP contribution in [-0.2, 0) is 11.3 Å². The SMILES string of the molecule is CC(C)CCN(C(=O)NCc1cccc(NC(=O)C2CCC2)c1)C1CC1. The minimum Gasteiger partial charge on any atom is -0.334 e. The third kappa shape index (κ3) is 5.23. The summed E-state index contributed by atoms with van der Waals surface area (Å²) in [5, 5.41) is 6.04. The summed E-state index contributed by atoms with van der Waals surface area (Å²) in [6.07, 6.45) is 6.41. The molecule has 0 atom stereocenters. The van der Waals surface area contributed by atoms with Gasteiger partial charge in [-0.25, -0.2) is 4.79 Å². The lowest BCUT2D eigenvalue weighted by Crippen LogP contribution is -2.42. The molecule has 1 aromatic carbocycles. The zero-order valence-electron chi connectivity index (χ0n) is 16.0. The molecule has 2 aliphatic rings. The number of carbonyl (C=O) groups is 2. The van der Waals surface area contributed by atoms with Gasteiger partial charge in [0.05, 0.1) is 0 Å². The summed E-state index contributed by atoms with van der Waals surface area (Å²) in [4.78, 5) is 26.6.